The van der Waals surface area contributed by atoms with Gasteiger partial charge in [0.25, 0.3) is 0 Å². The van der Waals surface area contributed by atoms with Crippen molar-refractivity contribution in [1.82, 2.24) is 0 Å². The fraction of sp³-hybridized carbons (Fsp3) is 1.00. The minimum atomic E-state index is 1.06. The number of hydrogen-bond donors (Lipinski definition) is 0. The van der Waals surface area contributed by atoms with Crippen LogP contribution in [0.5, 0.6) is 0 Å². The molecule has 22 unspecified atom stereocenters. The highest BCUT2D eigenvalue weighted by Gasteiger charge is 2.59. The van der Waals surface area contributed by atoms with Gasteiger partial charge in [-0.2, -0.15) is 0 Å². The molecular formula is C65H118. The van der Waals surface area contributed by atoms with Gasteiger partial charge in [0, 0.05) is 0 Å². The topological polar surface area (TPSA) is 0 Å². The Morgan fingerprint density at radius 3 is 1.15 bits per heavy atom. The van der Waals surface area contributed by atoms with E-state index >= 15 is 0 Å². The van der Waals surface area contributed by atoms with Gasteiger partial charge in [-0.15, -0.1) is 0 Å². The van der Waals surface area contributed by atoms with E-state index in [1.54, 1.807) is 89.9 Å². The Balaban J connectivity index is 0.000000122. The first-order valence-electron chi connectivity index (χ1n) is 31.7. The molecule has 65 heavy (non-hydrogen) atoms. The molecule has 0 saturated heterocycles. The second-order valence-electron chi connectivity index (χ2n) is 26.8. The fourth-order valence-corrected chi connectivity index (χ4v) is 21.1. The lowest BCUT2D eigenvalue weighted by Crippen LogP contribution is -2.28. The molecule has 11 aliphatic carbocycles. The number of fused-ring (bicyclic) bond motifs is 11. The normalized spacial score (nSPS) is 47.5. The van der Waals surface area contributed by atoms with E-state index in [2.05, 4.69) is 76.2 Å². The Hall–Kier alpha value is 0. The van der Waals surface area contributed by atoms with Gasteiger partial charge in [-0.1, -0.05) is 192 Å². The molecule has 11 fully saturated rings. The predicted molar refractivity (Wildman–Crippen MR) is 286 cm³/mol. The summed E-state index contributed by atoms with van der Waals surface area (Å²) in [7, 11) is 0. The maximum absolute atomic E-state index is 2.52. The molecule has 11 saturated carbocycles. The van der Waals surface area contributed by atoms with Crippen molar-refractivity contribution < 1.29 is 0 Å². The van der Waals surface area contributed by atoms with Gasteiger partial charge in [0.05, 0.1) is 0 Å². The lowest BCUT2D eigenvalue weighted by atomic mass is 9.71. The average Bonchev–Trinajstić information content (AvgIpc) is 4.20. The summed E-state index contributed by atoms with van der Waals surface area (Å²) in [6.07, 6.45) is 47.0. The van der Waals surface area contributed by atoms with E-state index in [4.69, 9.17) is 0 Å². The van der Waals surface area contributed by atoms with Crippen molar-refractivity contribution in [3.63, 3.8) is 0 Å². The first-order chi connectivity index (χ1) is 31.7. The highest BCUT2D eigenvalue weighted by atomic mass is 14.6. The van der Waals surface area contributed by atoms with Crippen molar-refractivity contribution in [2.45, 2.75) is 275 Å². The zero-order valence-corrected chi connectivity index (χ0v) is 46.2. The number of hydrogen-bond acceptors (Lipinski definition) is 0. The monoisotopic (exact) mass is 899 g/mol. The van der Waals surface area contributed by atoms with Gasteiger partial charge in [0.1, 0.15) is 0 Å². The molecule has 0 amide bonds. The molecule has 0 heteroatoms. The van der Waals surface area contributed by atoms with Gasteiger partial charge < -0.3 is 0 Å². The third-order valence-corrected chi connectivity index (χ3v) is 24.5. The smallest absolute Gasteiger partial charge is 0.0321 e. The molecule has 0 aromatic heterocycles. The quantitative estimate of drug-likeness (QED) is 0.194. The molecule has 11 rings (SSSR count). The summed E-state index contributed by atoms with van der Waals surface area (Å²) in [6, 6.07) is 0. The summed E-state index contributed by atoms with van der Waals surface area (Å²) in [4.78, 5) is 0. The Morgan fingerprint density at radius 2 is 0.692 bits per heavy atom. The Labute approximate surface area is 409 Å². The van der Waals surface area contributed by atoms with Crippen molar-refractivity contribution in [2.75, 3.05) is 0 Å². The first kappa shape index (κ1) is 52.8. The van der Waals surface area contributed by atoms with Crippen LogP contribution in [0.15, 0.2) is 0 Å². The zero-order valence-electron chi connectivity index (χ0n) is 46.2. The van der Waals surface area contributed by atoms with Crippen LogP contribution in [0.1, 0.15) is 275 Å². The van der Waals surface area contributed by atoms with Gasteiger partial charge in [-0.05, 0) is 220 Å². The molecule has 0 aliphatic heterocycles. The van der Waals surface area contributed by atoms with E-state index in [1.165, 1.54) is 121 Å². The fourth-order valence-electron chi connectivity index (χ4n) is 21.1. The summed E-state index contributed by atoms with van der Waals surface area (Å²) in [6.45, 7) is 26.4. The number of rotatable bonds is 11. The van der Waals surface area contributed by atoms with E-state index in [1.807, 2.05) is 0 Å². The highest BCUT2D eigenvalue weighted by molar-refractivity contribution is 5.07. The SMILES string of the molecule is CCC1CC(CC)C(C2CCCCC2)C1.CCC1CC(CC)C2C3CC(CC3C)C12.CCC1CC(CC)C2C3CCC(C3)C12.CCC1CC(CC)C2CCCC12.CCC1CCC(CC)C1. The molecule has 0 heterocycles. The van der Waals surface area contributed by atoms with Crippen LogP contribution in [0.3, 0.4) is 0 Å². The highest BCUT2D eigenvalue weighted by Crippen LogP contribution is 2.66. The summed E-state index contributed by atoms with van der Waals surface area (Å²) in [5, 5.41) is 0. The van der Waals surface area contributed by atoms with Gasteiger partial charge in [0.2, 0.25) is 0 Å². The van der Waals surface area contributed by atoms with E-state index in [9.17, 15) is 0 Å². The third kappa shape index (κ3) is 11.9. The predicted octanol–water partition coefficient (Wildman–Crippen LogP) is 20.6. The largest absolute Gasteiger partial charge is 0.0651 e. The summed E-state index contributed by atoms with van der Waals surface area (Å²) >= 11 is 0. The van der Waals surface area contributed by atoms with Crippen molar-refractivity contribution >= 4 is 0 Å². The Bertz CT molecular complexity index is 1270. The van der Waals surface area contributed by atoms with Crippen LogP contribution < -0.4 is 0 Å². The van der Waals surface area contributed by atoms with E-state index in [-0.39, 0.29) is 0 Å². The van der Waals surface area contributed by atoms with Crippen LogP contribution in [0.2, 0.25) is 0 Å². The second kappa shape index (κ2) is 25.4. The van der Waals surface area contributed by atoms with Gasteiger partial charge >= 0.3 is 0 Å². The summed E-state index contributed by atoms with van der Waals surface area (Å²) < 4.78 is 0. The first-order valence-corrected chi connectivity index (χ1v) is 31.7. The lowest BCUT2D eigenvalue weighted by Gasteiger charge is -2.34. The van der Waals surface area contributed by atoms with Crippen molar-refractivity contribution in [3.05, 3.63) is 0 Å². The van der Waals surface area contributed by atoms with E-state index in [0.29, 0.717) is 0 Å². The molecule has 378 valence electrons. The molecule has 0 nitrogen and oxygen atoms in total. The summed E-state index contributed by atoms with van der Waals surface area (Å²) in [5.41, 5.74) is 0. The third-order valence-electron chi connectivity index (χ3n) is 24.5. The van der Waals surface area contributed by atoms with Crippen LogP contribution in [0.25, 0.3) is 0 Å². The maximum atomic E-state index is 2.52. The Morgan fingerprint density at radius 1 is 0.246 bits per heavy atom. The maximum Gasteiger partial charge on any atom is -0.0321 e. The molecule has 0 N–H and O–H groups in total. The minimum absolute atomic E-state index is 1.06. The van der Waals surface area contributed by atoms with Crippen molar-refractivity contribution in [3.8, 4) is 0 Å². The van der Waals surface area contributed by atoms with Crippen LogP contribution in [0, 0.1) is 136 Å². The van der Waals surface area contributed by atoms with Gasteiger partial charge in [-0.25, -0.2) is 0 Å². The van der Waals surface area contributed by atoms with Gasteiger partial charge in [-0.3, -0.25) is 0 Å². The minimum Gasteiger partial charge on any atom is -0.0651 e. The van der Waals surface area contributed by atoms with Gasteiger partial charge in [0.15, 0.2) is 0 Å². The van der Waals surface area contributed by atoms with E-state index in [0.717, 1.165) is 124 Å². The second-order valence-corrected chi connectivity index (χ2v) is 26.8. The lowest BCUT2D eigenvalue weighted by molar-refractivity contribution is 0.142. The van der Waals surface area contributed by atoms with Crippen molar-refractivity contribution in [1.29, 1.82) is 0 Å². The standard InChI is InChI=1S/C15H26.C15H28.C14H24.C12H22.C9H18/c1-4-10-7-11(5-2)15-13-8-12(14(10)15)6-9(13)3;1-3-12-10-13(4-2)15(11-12)14-8-6-5-7-9-14;1-3-9-7-10(4-2)14-12-6-5-11(8-12)13(9)14;1-3-9-8-10(4-2)12-7-5-6-11(9)12;1-3-8-5-6-9(4-2)7-8/h9-15H,4-8H2,1-3H3;12-15H,3-11H2,1-2H3;9-14H,3-8H2,1-2H3;9-12H,3-8H2,1-2H3;8-9H,3-7H2,1-2H3. The molecule has 0 aromatic rings. The molecule has 11 aliphatic rings. The van der Waals surface area contributed by atoms with E-state index < -0.39 is 0 Å². The molecule has 0 aromatic carbocycles. The molecule has 4 bridgehead atoms. The van der Waals surface area contributed by atoms with Crippen LogP contribution in [0.4, 0.5) is 0 Å². The van der Waals surface area contributed by atoms with Crippen molar-refractivity contribution in [2.24, 2.45) is 136 Å². The molecule has 0 spiro atoms. The van der Waals surface area contributed by atoms with Crippen LogP contribution in [-0.4, -0.2) is 0 Å². The summed E-state index contributed by atoms with van der Waals surface area (Å²) in [5.74, 6) is 25.7. The average molecular weight is 900 g/mol. The zero-order chi connectivity index (χ0) is 46.2. The Kier molecular flexibility index (Phi) is 20.6. The van der Waals surface area contributed by atoms with Crippen LogP contribution >= 0.6 is 0 Å². The molecule has 0 radical (unpaired) electrons. The molecular weight excluding hydrogens is 781 g/mol. The van der Waals surface area contributed by atoms with Crippen LogP contribution in [-0.2, 0) is 0 Å². The molecule has 22 atom stereocenters.